The van der Waals surface area contributed by atoms with Gasteiger partial charge in [0, 0.05) is 20.0 Å². The van der Waals surface area contributed by atoms with Crippen molar-refractivity contribution < 1.29 is 38.4 Å². The van der Waals surface area contributed by atoms with Crippen molar-refractivity contribution >= 4 is 17.9 Å². The Morgan fingerprint density at radius 2 is 1.65 bits per heavy atom. The van der Waals surface area contributed by atoms with E-state index in [0.29, 0.717) is 19.3 Å². The highest BCUT2D eigenvalue weighted by Gasteiger charge is 2.50. The molecular formula is C18H30O8. The highest BCUT2D eigenvalue weighted by atomic mass is 16.7. The normalized spacial score (nSPS) is 26.8. The van der Waals surface area contributed by atoms with Crippen molar-refractivity contribution in [2.75, 3.05) is 13.7 Å². The van der Waals surface area contributed by atoms with E-state index in [0.717, 1.165) is 0 Å². The van der Waals surface area contributed by atoms with Crippen LogP contribution in [-0.2, 0) is 33.3 Å². The number of rotatable bonds is 10. The third-order valence-electron chi connectivity index (χ3n) is 4.41. The lowest BCUT2D eigenvalue weighted by atomic mass is 9.79. The van der Waals surface area contributed by atoms with Crippen molar-refractivity contribution in [2.45, 2.75) is 71.4 Å². The summed E-state index contributed by atoms with van der Waals surface area (Å²) in [5.41, 5.74) is 0. The van der Waals surface area contributed by atoms with Gasteiger partial charge in [0.05, 0.1) is 18.4 Å². The Morgan fingerprint density at radius 1 is 1.08 bits per heavy atom. The van der Waals surface area contributed by atoms with Gasteiger partial charge >= 0.3 is 17.9 Å². The molecule has 26 heavy (non-hydrogen) atoms. The third kappa shape index (κ3) is 5.95. The first kappa shape index (κ1) is 22.4. The molecule has 8 heteroatoms. The Bertz CT molecular complexity index is 478. The number of esters is 2. The van der Waals surface area contributed by atoms with Crippen molar-refractivity contribution in [3.63, 3.8) is 0 Å². The van der Waals surface area contributed by atoms with Gasteiger partial charge in [0.2, 0.25) is 0 Å². The average molecular weight is 374 g/mol. The zero-order chi connectivity index (χ0) is 19.7. The zero-order valence-corrected chi connectivity index (χ0v) is 15.9. The van der Waals surface area contributed by atoms with E-state index < -0.39 is 48.2 Å². The van der Waals surface area contributed by atoms with Crippen molar-refractivity contribution in [2.24, 2.45) is 11.8 Å². The lowest BCUT2D eigenvalue weighted by molar-refractivity contribution is -0.266. The van der Waals surface area contributed by atoms with E-state index in [1.165, 1.54) is 7.11 Å². The van der Waals surface area contributed by atoms with E-state index in [1.807, 2.05) is 13.8 Å². The molecular weight excluding hydrogens is 344 g/mol. The molecule has 150 valence electrons. The fraction of sp³-hybridized carbons (Fsp3) is 0.833. The maximum Gasteiger partial charge on any atom is 0.307 e. The van der Waals surface area contributed by atoms with Crippen LogP contribution >= 0.6 is 0 Å². The molecule has 0 amide bonds. The molecule has 1 rings (SSSR count). The number of hydrogen-bond donors (Lipinski definition) is 1. The van der Waals surface area contributed by atoms with E-state index in [-0.39, 0.29) is 19.4 Å². The number of ether oxygens (including phenoxy) is 4. The SMILES string of the molecule is CCCC(=O)O[C@H]1COC(OC)[C@H](OC(=O)CCC)[C@@H]1[C@@H](CC)C(=O)O. The summed E-state index contributed by atoms with van der Waals surface area (Å²) >= 11 is 0. The molecule has 1 unspecified atom stereocenters. The minimum absolute atomic E-state index is 0.00969. The van der Waals surface area contributed by atoms with E-state index in [4.69, 9.17) is 18.9 Å². The van der Waals surface area contributed by atoms with Crippen LogP contribution in [0.3, 0.4) is 0 Å². The van der Waals surface area contributed by atoms with Crippen LogP contribution in [0.25, 0.3) is 0 Å². The number of methoxy groups -OCH3 is 1. The summed E-state index contributed by atoms with van der Waals surface area (Å²) in [6.07, 6.45) is -0.766. The van der Waals surface area contributed by atoms with Gasteiger partial charge in [0.15, 0.2) is 12.4 Å². The molecule has 1 aliphatic heterocycles. The van der Waals surface area contributed by atoms with E-state index in [1.54, 1.807) is 6.92 Å². The van der Waals surface area contributed by atoms with E-state index in [2.05, 4.69) is 0 Å². The standard InChI is InChI=1S/C18H30O8/c1-5-8-13(19)25-12-10-24-18(23-4)16(26-14(20)9-6-2)15(12)11(7-3)17(21)22/h11-12,15-16,18H,5-10H2,1-4H3,(H,21,22)/t11-,12+,15-,16-,18?/m1/s1. The van der Waals surface area contributed by atoms with Crippen molar-refractivity contribution in [1.29, 1.82) is 0 Å². The van der Waals surface area contributed by atoms with Gasteiger partial charge in [-0.05, 0) is 19.3 Å². The van der Waals surface area contributed by atoms with Crippen molar-refractivity contribution in [1.82, 2.24) is 0 Å². The van der Waals surface area contributed by atoms with Gasteiger partial charge in [-0.25, -0.2) is 0 Å². The van der Waals surface area contributed by atoms with E-state index >= 15 is 0 Å². The molecule has 0 aromatic rings. The topological polar surface area (TPSA) is 108 Å². The van der Waals surface area contributed by atoms with Crippen LogP contribution < -0.4 is 0 Å². The minimum Gasteiger partial charge on any atom is -0.481 e. The molecule has 1 saturated heterocycles. The summed E-state index contributed by atoms with van der Waals surface area (Å²) in [7, 11) is 1.40. The van der Waals surface area contributed by atoms with Crippen LogP contribution in [-0.4, -0.2) is 55.2 Å². The first-order valence-corrected chi connectivity index (χ1v) is 9.15. The molecule has 1 N–H and O–H groups in total. The number of hydrogen-bond acceptors (Lipinski definition) is 7. The molecule has 0 radical (unpaired) electrons. The van der Waals surface area contributed by atoms with Gasteiger partial charge in [-0.1, -0.05) is 20.8 Å². The zero-order valence-electron chi connectivity index (χ0n) is 15.9. The molecule has 0 bridgehead atoms. The molecule has 0 saturated carbocycles. The second-order valence-corrected chi connectivity index (χ2v) is 6.35. The molecule has 1 fully saturated rings. The van der Waals surface area contributed by atoms with Crippen LogP contribution in [0.2, 0.25) is 0 Å². The maximum atomic E-state index is 12.0. The predicted octanol–water partition coefficient (Wildman–Crippen LogP) is 2.14. The fourth-order valence-electron chi connectivity index (χ4n) is 3.18. The highest BCUT2D eigenvalue weighted by molar-refractivity contribution is 5.72. The molecule has 0 aliphatic carbocycles. The van der Waals surface area contributed by atoms with Crippen LogP contribution in [0.4, 0.5) is 0 Å². The van der Waals surface area contributed by atoms with Crippen LogP contribution in [0.1, 0.15) is 52.9 Å². The van der Waals surface area contributed by atoms with E-state index in [9.17, 15) is 19.5 Å². The Balaban J connectivity index is 3.14. The first-order chi connectivity index (χ1) is 12.4. The Hall–Kier alpha value is -1.67. The van der Waals surface area contributed by atoms with Crippen LogP contribution in [0, 0.1) is 11.8 Å². The van der Waals surface area contributed by atoms with Gasteiger partial charge in [-0.2, -0.15) is 0 Å². The van der Waals surface area contributed by atoms with Gasteiger partial charge in [-0.15, -0.1) is 0 Å². The molecule has 5 atom stereocenters. The molecule has 0 aromatic carbocycles. The van der Waals surface area contributed by atoms with Gasteiger partial charge in [0.25, 0.3) is 0 Å². The number of carboxylic acid groups (broad SMARTS) is 1. The lowest BCUT2D eigenvalue weighted by Crippen LogP contribution is -2.56. The second kappa shape index (κ2) is 11.1. The summed E-state index contributed by atoms with van der Waals surface area (Å²) in [6, 6.07) is 0. The third-order valence-corrected chi connectivity index (χ3v) is 4.41. The Kier molecular flexibility index (Phi) is 9.58. The number of carboxylic acids is 1. The lowest BCUT2D eigenvalue weighted by Gasteiger charge is -2.43. The molecule has 1 heterocycles. The highest BCUT2D eigenvalue weighted by Crippen LogP contribution is 2.35. The minimum atomic E-state index is -1.04. The van der Waals surface area contributed by atoms with Gasteiger partial charge in [0.1, 0.15) is 6.10 Å². The maximum absolute atomic E-state index is 12.0. The smallest absolute Gasteiger partial charge is 0.307 e. The average Bonchev–Trinajstić information content (AvgIpc) is 2.58. The van der Waals surface area contributed by atoms with Crippen molar-refractivity contribution in [3.05, 3.63) is 0 Å². The number of carbonyl (C=O) groups is 3. The Morgan fingerprint density at radius 3 is 2.12 bits per heavy atom. The summed E-state index contributed by atoms with van der Waals surface area (Å²) in [5.74, 6) is -3.55. The van der Waals surface area contributed by atoms with Crippen molar-refractivity contribution in [3.8, 4) is 0 Å². The summed E-state index contributed by atoms with van der Waals surface area (Å²) in [5, 5.41) is 9.63. The molecule has 8 nitrogen and oxygen atoms in total. The number of carbonyl (C=O) groups excluding carboxylic acids is 2. The first-order valence-electron chi connectivity index (χ1n) is 9.15. The van der Waals surface area contributed by atoms with Gasteiger partial charge in [-0.3, -0.25) is 14.4 Å². The summed E-state index contributed by atoms with van der Waals surface area (Å²) in [4.78, 5) is 35.8. The largest absolute Gasteiger partial charge is 0.481 e. The summed E-state index contributed by atoms with van der Waals surface area (Å²) < 4.78 is 21.8. The monoisotopic (exact) mass is 374 g/mol. The predicted molar refractivity (Wildman–Crippen MR) is 91.2 cm³/mol. The molecule has 1 aliphatic rings. The number of aliphatic carboxylic acids is 1. The Labute approximate surface area is 154 Å². The second-order valence-electron chi connectivity index (χ2n) is 6.35. The summed E-state index contributed by atoms with van der Waals surface area (Å²) in [6.45, 7) is 5.40. The van der Waals surface area contributed by atoms with Crippen LogP contribution in [0.5, 0.6) is 0 Å². The van der Waals surface area contributed by atoms with Crippen LogP contribution in [0.15, 0.2) is 0 Å². The fourth-order valence-corrected chi connectivity index (χ4v) is 3.18. The molecule has 0 spiro atoms. The quantitative estimate of drug-likeness (QED) is 0.579. The molecule has 0 aromatic heterocycles. The van der Waals surface area contributed by atoms with Gasteiger partial charge < -0.3 is 24.1 Å².